The largest absolute Gasteiger partial charge is 0.350 e. The Bertz CT molecular complexity index is 721. The van der Waals surface area contributed by atoms with Crippen molar-refractivity contribution in [2.45, 2.75) is 45.8 Å². The zero-order chi connectivity index (χ0) is 18.1. The van der Waals surface area contributed by atoms with E-state index in [1.54, 1.807) is 43.1 Å². The van der Waals surface area contributed by atoms with Gasteiger partial charge in [-0.3, -0.25) is 14.3 Å². The van der Waals surface area contributed by atoms with Crippen molar-refractivity contribution in [3.63, 3.8) is 0 Å². The maximum atomic E-state index is 13.5. The lowest BCUT2D eigenvalue weighted by molar-refractivity contribution is -0.123. The minimum Gasteiger partial charge on any atom is -0.350 e. The molecule has 0 aliphatic rings. The van der Waals surface area contributed by atoms with Crippen LogP contribution < -0.4 is 5.32 Å². The summed E-state index contributed by atoms with van der Waals surface area (Å²) in [7, 11) is 1.72. The SMILES string of the molecule is C[C@@H](c1nc2ccccc2n1C(F)F)N(C)CC(=O)NC(C)(C)C. The van der Waals surface area contributed by atoms with Crippen molar-refractivity contribution in [3.05, 3.63) is 30.1 Å². The number of alkyl halides is 2. The number of imidazole rings is 1. The van der Waals surface area contributed by atoms with Crippen LogP contribution in [0.5, 0.6) is 0 Å². The fraction of sp³-hybridized carbons (Fsp3) is 0.529. The molecule has 0 aliphatic carbocycles. The van der Waals surface area contributed by atoms with Crippen LogP contribution in [0.25, 0.3) is 11.0 Å². The van der Waals surface area contributed by atoms with Crippen molar-refractivity contribution in [2.24, 2.45) is 0 Å². The van der Waals surface area contributed by atoms with Gasteiger partial charge in [-0.2, -0.15) is 8.78 Å². The molecule has 132 valence electrons. The molecule has 0 radical (unpaired) electrons. The summed E-state index contributed by atoms with van der Waals surface area (Å²) in [6, 6.07) is 6.36. The second kappa shape index (κ2) is 6.84. The molecule has 1 N–H and O–H groups in total. The number of hydrogen-bond acceptors (Lipinski definition) is 3. The predicted octanol–water partition coefficient (Wildman–Crippen LogP) is 3.34. The van der Waals surface area contributed by atoms with Gasteiger partial charge in [-0.05, 0) is 46.9 Å². The van der Waals surface area contributed by atoms with Crippen LogP contribution in [0.1, 0.15) is 46.1 Å². The van der Waals surface area contributed by atoms with Crippen LogP contribution in [0.15, 0.2) is 24.3 Å². The molecule has 24 heavy (non-hydrogen) atoms. The van der Waals surface area contributed by atoms with Crippen LogP contribution >= 0.6 is 0 Å². The Morgan fingerprint density at radius 2 is 1.96 bits per heavy atom. The third kappa shape index (κ3) is 4.08. The maximum Gasteiger partial charge on any atom is 0.320 e. The molecular formula is C17H24F2N4O. The molecular weight excluding hydrogens is 314 g/mol. The highest BCUT2D eigenvalue weighted by Gasteiger charge is 2.25. The predicted molar refractivity (Wildman–Crippen MR) is 89.9 cm³/mol. The Hall–Kier alpha value is -2.02. The first-order valence-corrected chi connectivity index (χ1v) is 7.86. The van der Waals surface area contributed by atoms with E-state index in [4.69, 9.17) is 0 Å². The van der Waals surface area contributed by atoms with E-state index in [9.17, 15) is 13.6 Å². The lowest BCUT2D eigenvalue weighted by atomic mass is 10.1. The molecule has 1 aromatic carbocycles. The number of nitrogens with zero attached hydrogens (tertiary/aromatic N) is 3. The van der Waals surface area contributed by atoms with E-state index >= 15 is 0 Å². The van der Waals surface area contributed by atoms with Gasteiger partial charge >= 0.3 is 6.55 Å². The van der Waals surface area contributed by atoms with Gasteiger partial charge in [-0.1, -0.05) is 12.1 Å². The minimum atomic E-state index is -2.69. The monoisotopic (exact) mass is 338 g/mol. The lowest BCUT2D eigenvalue weighted by Crippen LogP contribution is -2.45. The van der Waals surface area contributed by atoms with E-state index in [1.807, 2.05) is 20.8 Å². The smallest absolute Gasteiger partial charge is 0.320 e. The van der Waals surface area contributed by atoms with Crippen molar-refractivity contribution in [3.8, 4) is 0 Å². The van der Waals surface area contributed by atoms with Crippen LogP contribution in [-0.4, -0.2) is 39.5 Å². The summed E-state index contributed by atoms with van der Waals surface area (Å²) < 4.78 is 28.0. The van der Waals surface area contributed by atoms with Crippen LogP contribution in [-0.2, 0) is 4.79 Å². The Kier molecular flexibility index (Phi) is 5.22. The quantitative estimate of drug-likeness (QED) is 0.910. The fourth-order valence-electron chi connectivity index (χ4n) is 2.58. The van der Waals surface area contributed by atoms with E-state index in [0.717, 1.165) is 4.57 Å². The summed E-state index contributed by atoms with van der Waals surface area (Å²) in [5, 5.41) is 2.86. The molecule has 5 nitrogen and oxygen atoms in total. The molecule has 0 spiro atoms. The highest BCUT2D eigenvalue weighted by molar-refractivity contribution is 5.79. The normalized spacial score (nSPS) is 13.7. The van der Waals surface area contributed by atoms with Crippen molar-refractivity contribution >= 4 is 16.9 Å². The van der Waals surface area contributed by atoms with Crippen LogP contribution in [0.4, 0.5) is 8.78 Å². The Balaban J connectivity index is 2.25. The zero-order valence-corrected chi connectivity index (χ0v) is 14.7. The number of rotatable bonds is 5. The van der Waals surface area contributed by atoms with Gasteiger partial charge in [0.2, 0.25) is 5.91 Å². The van der Waals surface area contributed by atoms with Gasteiger partial charge in [0.1, 0.15) is 5.82 Å². The van der Waals surface area contributed by atoms with Gasteiger partial charge in [0.25, 0.3) is 0 Å². The molecule has 0 fully saturated rings. The zero-order valence-electron chi connectivity index (χ0n) is 14.7. The van der Waals surface area contributed by atoms with Gasteiger partial charge in [0.05, 0.1) is 23.6 Å². The number of aromatic nitrogens is 2. The molecule has 0 bridgehead atoms. The van der Waals surface area contributed by atoms with Gasteiger partial charge in [0.15, 0.2) is 0 Å². The molecule has 1 amide bonds. The molecule has 0 saturated heterocycles. The number of amides is 1. The van der Waals surface area contributed by atoms with Crippen LogP contribution in [0.2, 0.25) is 0 Å². The minimum absolute atomic E-state index is 0.102. The maximum absolute atomic E-state index is 13.5. The molecule has 0 saturated carbocycles. The first-order valence-electron chi connectivity index (χ1n) is 7.86. The number of hydrogen-bond donors (Lipinski definition) is 1. The summed E-state index contributed by atoms with van der Waals surface area (Å²) in [6.07, 6.45) is 0. The highest BCUT2D eigenvalue weighted by atomic mass is 19.3. The van der Waals surface area contributed by atoms with Gasteiger partial charge in [-0.15, -0.1) is 0 Å². The molecule has 1 aromatic heterocycles. The summed E-state index contributed by atoms with van der Waals surface area (Å²) in [5.74, 6) is 0.0915. The first-order chi connectivity index (χ1) is 11.1. The number of likely N-dealkylation sites (N-methyl/N-ethyl adjacent to an activating group) is 1. The van der Waals surface area contributed by atoms with Crippen molar-refractivity contribution < 1.29 is 13.6 Å². The first kappa shape index (κ1) is 18.3. The summed E-state index contributed by atoms with van der Waals surface area (Å²) >= 11 is 0. The average molecular weight is 338 g/mol. The number of nitrogens with one attached hydrogen (secondary N) is 1. The Morgan fingerprint density at radius 3 is 2.54 bits per heavy atom. The van der Waals surface area contributed by atoms with E-state index in [1.165, 1.54) is 0 Å². The highest BCUT2D eigenvalue weighted by Crippen LogP contribution is 2.28. The molecule has 1 atom stereocenters. The van der Waals surface area contributed by atoms with Crippen LogP contribution in [0, 0.1) is 0 Å². The molecule has 0 unspecified atom stereocenters. The van der Waals surface area contributed by atoms with Gasteiger partial charge in [-0.25, -0.2) is 4.98 Å². The fourth-order valence-corrected chi connectivity index (χ4v) is 2.58. The molecule has 2 rings (SSSR count). The van der Waals surface area contributed by atoms with E-state index in [0.29, 0.717) is 11.0 Å². The third-order valence-electron chi connectivity index (χ3n) is 3.76. The standard InChI is InChI=1S/C17H24F2N4O/c1-11(22(5)10-14(24)21-17(2,3)4)15-20-12-8-6-7-9-13(12)23(15)16(18)19/h6-9,11,16H,10H2,1-5H3,(H,21,24)/t11-/m0/s1. The number of para-hydroxylation sites is 2. The number of fused-ring (bicyclic) bond motifs is 1. The molecule has 2 aromatic rings. The number of halogens is 2. The molecule has 1 heterocycles. The number of carbonyl (C=O) groups is 1. The topological polar surface area (TPSA) is 50.2 Å². The van der Waals surface area contributed by atoms with Crippen LogP contribution in [0.3, 0.4) is 0 Å². The lowest BCUT2D eigenvalue weighted by Gasteiger charge is -2.27. The van der Waals surface area contributed by atoms with Gasteiger partial charge in [0, 0.05) is 5.54 Å². The third-order valence-corrected chi connectivity index (χ3v) is 3.76. The summed E-state index contributed by atoms with van der Waals surface area (Å²) in [4.78, 5) is 18.1. The van der Waals surface area contributed by atoms with Crippen molar-refractivity contribution in [1.29, 1.82) is 0 Å². The van der Waals surface area contributed by atoms with Gasteiger partial charge < -0.3 is 5.32 Å². The summed E-state index contributed by atoms with van der Waals surface area (Å²) in [5.41, 5.74) is 0.575. The van der Waals surface area contributed by atoms with Crippen molar-refractivity contribution in [2.75, 3.05) is 13.6 Å². The second-order valence-electron chi connectivity index (χ2n) is 7.00. The Morgan fingerprint density at radius 1 is 1.33 bits per heavy atom. The summed E-state index contributed by atoms with van der Waals surface area (Å²) in [6.45, 7) is 4.86. The van der Waals surface area contributed by atoms with E-state index < -0.39 is 12.6 Å². The van der Waals surface area contributed by atoms with E-state index in [2.05, 4.69) is 10.3 Å². The average Bonchev–Trinajstić information content (AvgIpc) is 2.83. The van der Waals surface area contributed by atoms with Crippen molar-refractivity contribution in [1.82, 2.24) is 19.8 Å². The second-order valence-corrected chi connectivity index (χ2v) is 7.00. The van der Waals surface area contributed by atoms with E-state index in [-0.39, 0.29) is 23.8 Å². The Labute approximate surface area is 140 Å². The number of benzene rings is 1. The molecule has 7 heteroatoms. The number of carbonyl (C=O) groups excluding carboxylic acids is 1. The molecule has 0 aliphatic heterocycles.